The van der Waals surface area contributed by atoms with Gasteiger partial charge in [0.2, 0.25) is 0 Å². The van der Waals surface area contributed by atoms with Crippen molar-refractivity contribution >= 4 is 0 Å². The summed E-state index contributed by atoms with van der Waals surface area (Å²) in [6.45, 7) is 5.31. The zero-order valence-electron chi connectivity index (χ0n) is 8.77. The van der Waals surface area contributed by atoms with E-state index >= 15 is 0 Å². The molecule has 78 valence electrons. The smallest absolute Gasteiger partial charge is 0.0597 e. The Labute approximate surface area is 84.1 Å². The maximum absolute atomic E-state index is 8.88. The SMILES string of the molecule is Cc1cc(CN2CC(CO)C2)n(C)n1. The quantitative estimate of drug-likeness (QED) is 0.746. The average molecular weight is 195 g/mol. The Morgan fingerprint density at radius 2 is 2.29 bits per heavy atom. The van der Waals surface area contributed by atoms with Crippen LogP contribution in [-0.4, -0.2) is 39.5 Å². The minimum atomic E-state index is 0.320. The number of hydrogen-bond donors (Lipinski definition) is 1. The molecule has 0 saturated carbocycles. The third kappa shape index (κ3) is 1.81. The van der Waals surface area contributed by atoms with Gasteiger partial charge in [-0.3, -0.25) is 9.58 Å². The second-order valence-electron chi connectivity index (χ2n) is 4.14. The number of likely N-dealkylation sites (tertiary alicyclic amines) is 1. The van der Waals surface area contributed by atoms with E-state index < -0.39 is 0 Å². The summed E-state index contributed by atoms with van der Waals surface area (Å²) in [5, 5.41) is 13.2. The van der Waals surface area contributed by atoms with Crippen LogP contribution in [-0.2, 0) is 13.6 Å². The fraction of sp³-hybridized carbons (Fsp3) is 0.700. The molecule has 14 heavy (non-hydrogen) atoms. The highest BCUT2D eigenvalue weighted by Gasteiger charge is 2.26. The van der Waals surface area contributed by atoms with Gasteiger partial charge in [-0.1, -0.05) is 0 Å². The molecule has 0 spiro atoms. The third-order valence-corrected chi connectivity index (χ3v) is 2.78. The number of hydrogen-bond acceptors (Lipinski definition) is 3. The molecule has 1 aromatic heterocycles. The van der Waals surface area contributed by atoms with E-state index in [1.54, 1.807) is 0 Å². The number of aryl methyl sites for hydroxylation is 2. The van der Waals surface area contributed by atoms with Crippen molar-refractivity contribution in [2.75, 3.05) is 19.7 Å². The van der Waals surface area contributed by atoms with Gasteiger partial charge in [-0.2, -0.15) is 5.10 Å². The fourth-order valence-electron chi connectivity index (χ4n) is 1.96. The van der Waals surface area contributed by atoms with Crippen molar-refractivity contribution in [1.82, 2.24) is 14.7 Å². The van der Waals surface area contributed by atoms with Crippen LogP contribution in [0.1, 0.15) is 11.4 Å². The molecule has 0 unspecified atom stereocenters. The van der Waals surface area contributed by atoms with E-state index in [0.29, 0.717) is 12.5 Å². The van der Waals surface area contributed by atoms with E-state index in [-0.39, 0.29) is 0 Å². The molecule has 0 amide bonds. The largest absolute Gasteiger partial charge is 0.396 e. The Morgan fingerprint density at radius 3 is 2.79 bits per heavy atom. The van der Waals surface area contributed by atoms with Crippen LogP contribution in [0.2, 0.25) is 0 Å². The van der Waals surface area contributed by atoms with E-state index in [4.69, 9.17) is 5.11 Å². The molecule has 0 atom stereocenters. The molecule has 1 N–H and O–H groups in total. The van der Waals surface area contributed by atoms with Gasteiger partial charge in [0.25, 0.3) is 0 Å². The molecule has 1 fully saturated rings. The lowest BCUT2D eigenvalue weighted by molar-refractivity contribution is 0.0461. The highest BCUT2D eigenvalue weighted by Crippen LogP contribution is 2.17. The first-order valence-electron chi connectivity index (χ1n) is 5.01. The van der Waals surface area contributed by atoms with Crippen LogP contribution in [0.5, 0.6) is 0 Å². The minimum Gasteiger partial charge on any atom is -0.396 e. The molecule has 1 aliphatic heterocycles. The van der Waals surface area contributed by atoms with Crippen LogP contribution >= 0.6 is 0 Å². The molecule has 0 radical (unpaired) electrons. The molecule has 4 heteroatoms. The summed E-state index contributed by atoms with van der Waals surface area (Å²) in [6, 6.07) is 2.12. The van der Waals surface area contributed by atoms with Crippen LogP contribution in [0, 0.1) is 12.8 Å². The molecule has 4 nitrogen and oxygen atoms in total. The first kappa shape index (κ1) is 9.68. The fourth-order valence-corrected chi connectivity index (χ4v) is 1.96. The summed E-state index contributed by atoms with van der Waals surface area (Å²) in [5.41, 5.74) is 2.32. The minimum absolute atomic E-state index is 0.320. The summed E-state index contributed by atoms with van der Waals surface area (Å²) in [6.07, 6.45) is 0. The van der Waals surface area contributed by atoms with Crippen LogP contribution in [0.15, 0.2) is 6.07 Å². The van der Waals surface area contributed by atoms with Crippen molar-refractivity contribution in [2.24, 2.45) is 13.0 Å². The van der Waals surface area contributed by atoms with Gasteiger partial charge >= 0.3 is 0 Å². The van der Waals surface area contributed by atoms with Crippen molar-refractivity contribution < 1.29 is 5.11 Å². The molecular weight excluding hydrogens is 178 g/mol. The van der Waals surface area contributed by atoms with Crippen LogP contribution in [0.4, 0.5) is 0 Å². The first-order valence-corrected chi connectivity index (χ1v) is 5.01. The second kappa shape index (κ2) is 3.71. The third-order valence-electron chi connectivity index (χ3n) is 2.78. The molecule has 0 aliphatic carbocycles. The van der Waals surface area contributed by atoms with Gasteiger partial charge in [-0.05, 0) is 13.0 Å². The highest BCUT2D eigenvalue weighted by molar-refractivity contribution is 5.09. The van der Waals surface area contributed by atoms with E-state index in [0.717, 1.165) is 25.3 Å². The molecule has 2 rings (SSSR count). The van der Waals surface area contributed by atoms with Crippen LogP contribution in [0.25, 0.3) is 0 Å². The number of aliphatic hydroxyl groups excluding tert-OH is 1. The maximum atomic E-state index is 8.88. The van der Waals surface area contributed by atoms with Crippen molar-refractivity contribution in [3.8, 4) is 0 Å². The summed E-state index contributed by atoms with van der Waals surface area (Å²) in [7, 11) is 1.98. The number of aromatic nitrogens is 2. The Hall–Kier alpha value is -0.870. The summed E-state index contributed by atoms with van der Waals surface area (Å²) in [4.78, 5) is 2.33. The molecule has 2 heterocycles. The monoisotopic (exact) mass is 195 g/mol. The van der Waals surface area contributed by atoms with Crippen molar-refractivity contribution in [1.29, 1.82) is 0 Å². The van der Waals surface area contributed by atoms with Gasteiger partial charge in [-0.25, -0.2) is 0 Å². The Kier molecular flexibility index (Phi) is 2.56. The number of aliphatic hydroxyl groups is 1. The van der Waals surface area contributed by atoms with E-state index in [9.17, 15) is 0 Å². The molecule has 1 aromatic rings. The lowest BCUT2D eigenvalue weighted by Crippen LogP contribution is -2.47. The standard InChI is InChI=1S/C10H17N3O/c1-8-3-10(12(2)11-8)6-13-4-9(5-13)7-14/h3,9,14H,4-7H2,1-2H3. The zero-order valence-corrected chi connectivity index (χ0v) is 8.77. The Morgan fingerprint density at radius 1 is 1.57 bits per heavy atom. The summed E-state index contributed by atoms with van der Waals surface area (Å²) in [5.74, 6) is 0.490. The van der Waals surface area contributed by atoms with E-state index in [1.165, 1.54) is 5.69 Å². The van der Waals surface area contributed by atoms with Crippen LogP contribution < -0.4 is 0 Å². The summed E-state index contributed by atoms with van der Waals surface area (Å²) >= 11 is 0. The maximum Gasteiger partial charge on any atom is 0.0597 e. The van der Waals surface area contributed by atoms with Gasteiger partial charge in [0, 0.05) is 39.2 Å². The van der Waals surface area contributed by atoms with Gasteiger partial charge in [-0.15, -0.1) is 0 Å². The predicted octanol–water partition coefficient (Wildman–Crippen LogP) is 0.153. The lowest BCUT2D eigenvalue weighted by atomic mass is 10.0. The molecular formula is C10H17N3O. The normalized spacial score (nSPS) is 18.5. The van der Waals surface area contributed by atoms with Gasteiger partial charge in [0.1, 0.15) is 0 Å². The average Bonchev–Trinajstić information content (AvgIpc) is 2.37. The lowest BCUT2D eigenvalue weighted by Gasteiger charge is -2.38. The van der Waals surface area contributed by atoms with Crippen molar-refractivity contribution in [2.45, 2.75) is 13.5 Å². The molecule has 0 aromatic carbocycles. The predicted molar refractivity (Wildman–Crippen MR) is 53.8 cm³/mol. The Balaban J connectivity index is 1.90. The van der Waals surface area contributed by atoms with Crippen molar-refractivity contribution in [3.63, 3.8) is 0 Å². The molecule has 1 aliphatic rings. The summed E-state index contributed by atoms with van der Waals surface area (Å²) < 4.78 is 1.93. The van der Waals surface area contributed by atoms with Crippen LogP contribution in [0.3, 0.4) is 0 Å². The topological polar surface area (TPSA) is 41.3 Å². The van der Waals surface area contributed by atoms with Crippen molar-refractivity contribution in [3.05, 3.63) is 17.5 Å². The first-order chi connectivity index (χ1) is 6.69. The number of rotatable bonds is 3. The molecule has 0 bridgehead atoms. The highest BCUT2D eigenvalue weighted by atomic mass is 16.3. The second-order valence-corrected chi connectivity index (χ2v) is 4.14. The van der Waals surface area contributed by atoms with Gasteiger partial charge in [0.15, 0.2) is 0 Å². The van der Waals surface area contributed by atoms with Gasteiger partial charge < -0.3 is 5.11 Å². The Bertz CT molecular complexity index is 315. The zero-order chi connectivity index (χ0) is 10.1. The molecule has 1 saturated heterocycles. The number of nitrogens with zero attached hydrogens (tertiary/aromatic N) is 3. The van der Waals surface area contributed by atoms with E-state index in [2.05, 4.69) is 16.1 Å². The van der Waals surface area contributed by atoms with Gasteiger partial charge in [0.05, 0.1) is 11.4 Å². The van der Waals surface area contributed by atoms with E-state index in [1.807, 2.05) is 18.7 Å².